The Labute approximate surface area is 154 Å². The molecule has 0 radical (unpaired) electrons. The molecule has 24 heavy (non-hydrogen) atoms. The van der Waals surface area contributed by atoms with Gasteiger partial charge in [0.05, 0.1) is 22.2 Å². The molecule has 1 aliphatic rings. The molecule has 0 bridgehead atoms. The number of rotatable bonds is 5. The average Bonchev–Trinajstić information content (AvgIpc) is 2.72. The van der Waals surface area contributed by atoms with Gasteiger partial charge < -0.3 is 9.64 Å². The Morgan fingerprint density at radius 1 is 1.29 bits per heavy atom. The first-order valence-corrected chi connectivity index (χ1v) is 9.78. The first kappa shape index (κ1) is 19.2. The van der Waals surface area contributed by atoms with Crippen molar-refractivity contribution in [1.29, 1.82) is 0 Å². The van der Waals surface area contributed by atoms with Crippen LogP contribution in [-0.4, -0.2) is 35.9 Å². The van der Waals surface area contributed by atoms with Crippen molar-refractivity contribution in [1.82, 2.24) is 9.88 Å². The third kappa shape index (κ3) is 5.20. The molecule has 2 rings (SSSR count). The van der Waals surface area contributed by atoms with Gasteiger partial charge in [0.1, 0.15) is 6.10 Å². The Kier molecular flexibility index (Phi) is 7.08. The maximum Gasteiger partial charge on any atom is 0.228 e. The number of hydrogen-bond donors (Lipinski definition) is 0. The zero-order valence-corrected chi connectivity index (χ0v) is 17.1. The SMILES string of the molecule is CCN(C)/C=N/c1cc(Br)c(OC2CCC(C)C(C)CC2)nc1C. The van der Waals surface area contributed by atoms with Gasteiger partial charge in [-0.3, -0.25) is 0 Å². The van der Waals surface area contributed by atoms with E-state index in [0.29, 0.717) is 5.88 Å². The first-order chi connectivity index (χ1) is 11.4. The molecular weight excluding hydrogens is 366 g/mol. The van der Waals surface area contributed by atoms with Gasteiger partial charge in [0.25, 0.3) is 0 Å². The Hall–Kier alpha value is -1.10. The molecule has 2 atom stereocenters. The molecule has 1 aromatic rings. The van der Waals surface area contributed by atoms with Crippen molar-refractivity contribution in [3.05, 3.63) is 16.2 Å². The smallest absolute Gasteiger partial charge is 0.228 e. The maximum absolute atomic E-state index is 6.23. The molecule has 2 unspecified atom stereocenters. The van der Waals surface area contributed by atoms with E-state index in [4.69, 9.17) is 4.74 Å². The number of ether oxygens (including phenoxy) is 1. The number of halogens is 1. The number of aryl methyl sites for hydroxylation is 1. The molecule has 0 saturated heterocycles. The summed E-state index contributed by atoms with van der Waals surface area (Å²) in [4.78, 5) is 11.2. The summed E-state index contributed by atoms with van der Waals surface area (Å²) in [7, 11) is 2.01. The monoisotopic (exact) mass is 395 g/mol. The second-order valence-electron chi connectivity index (χ2n) is 7.05. The van der Waals surface area contributed by atoms with Crippen LogP contribution < -0.4 is 4.74 Å². The van der Waals surface area contributed by atoms with Crippen LogP contribution in [-0.2, 0) is 0 Å². The van der Waals surface area contributed by atoms with Gasteiger partial charge in [-0.2, -0.15) is 0 Å². The van der Waals surface area contributed by atoms with Gasteiger partial charge in [-0.1, -0.05) is 13.8 Å². The number of hydrogen-bond acceptors (Lipinski definition) is 3. The van der Waals surface area contributed by atoms with Gasteiger partial charge in [-0.25, -0.2) is 9.98 Å². The lowest BCUT2D eigenvalue weighted by molar-refractivity contribution is 0.173. The van der Waals surface area contributed by atoms with E-state index in [1.54, 1.807) is 0 Å². The van der Waals surface area contributed by atoms with Crippen LogP contribution in [0.25, 0.3) is 0 Å². The van der Waals surface area contributed by atoms with Crippen molar-refractivity contribution >= 4 is 28.0 Å². The number of nitrogens with zero attached hydrogens (tertiary/aromatic N) is 3. The van der Waals surface area contributed by atoms with Crippen molar-refractivity contribution in [3.8, 4) is 5.88 Å². The lowest BCUT2D eigenvalue weighted by Crippen LogP contribution is -2.16. The number of pyridine rings is 1. The molecule has 0 aromatic carbocycles. The Bertz CT molecular complexity index is 564. The fourth-order valence-corrected chi connectivity index (χ4v) is 3.29. The third-order valence-corrected chi connectivity index (χ3v) is 5.71. The van der Waals surface area contributed by atoms with E-state index in [1.165, 1.54) is 12.8 Å². The molecule has 0 aliphatic heterocycles. The average molecular weight is 396 g/mol. The fourth-order valence-electron chi connectivity index (χ4n) is 2.89. The van der Waals surface area contributed by atoms with E-state index in [9.17, 15) is 0 Å². The predicted octanol–water partition coefficient (Wildman–Crippen LogP) is 5.36. The quantitative estimate of drug-likeness (QED) is 0.382. The summed E-state index contributed by atoms with van der Waals surface area (Å²) >= 11 is 3.60. The zero-order chi connectivity index (χ0) is 17.7. The topological polar surface area (TPSA) is 37.7 Å². The highest BCUT2D eigenvalue weighted by molar-refractivity contribution is 9.10. The maximum atomic E-state index is 6.23. The Morgan fingerprint density at radius 2 is 1.92 bits per heavy atom. The molecule has 1 aromatic heterocycles. The second kappa shape index (κ2) is 8.84. The fraction of sp³-hybridized carbons (Fsp3) is 0.684. The minimum absolute atomic E-state index is 0.265. The van der Waals surface area contributed by atoms with E-state index >= 15 is 0 Å². The van der Waals surface area contributed by atoms with E-state index in [2.05, 4.69) is 46.7 Å². The van der Waals surface area contributed by atoms with Crippen LogP contribution in [0.4, 0.5) is 5.69 Å². The first-order valence-electron chi connectivity index (χ1n) is 8.98. The van der Waals surface area contributed by atoms with E-state index in [-0.39, 0.29) is 6.10 Å². The molecule has 1 heterocycles. The highest BCUT2D eigenvalue weighted by Gasteiger charge is 2.23. The van der Waals surface area contributed by atoms with Crippen molar-refractivity contribution in [2.45, 2.75) is 59.5 Å². The van der Waals surface area contributed by atoms with E-state index in [1.807, 2.05) is 31.3 Å². The van der Waals surface area contributed by atoms with Crippen LogP contribution >= 0.6 is 15.9 Å². The van der Waals surface area contributed by atoms with Crippen molar-refractivity contribution in [3.63, 3.8) is 0 Å². The largest absolute Gasteiger partial charge is 0.474 e. The minimum Gasteiger partial charge on any atom is -0.474 e. The molecular formula is C19H30BrN3O. The van der Waals surface area contributed by atoms with E-state index < -0.39 is 0 Å². The van der Waals surface area contributed by atoms with Crippen LogP contribution in [0.15, 0.2) is 15.5 Å². The standard InChI is InChI=1S/C19H30BrN3O/c1-6-23(5)12-21-18-11-17(20)19(22-15(18)4)24-16-9-7-13(2)14(3)8-10-16/h11-14,16H,6-10H2,1-5H3/b21-12+. The van der Waals surface area contributed by atoms with Crippen LogP contribution in [0.1, 0.15) is 52.1 Å². The summed E-state index contributed by atoms with van der Waals surface area (Å²) < 4.78 is 7.10. The molecule has 0 N–H and O–H groups in total. The lowest BCUT2D eigenvalue weighted by Gasteiger charge is -2.18. The van der Waals surface area contributed by atoms with Gasteiger partial charge in [-0.05, 0) is 73.4 Å². The van der Waals surface area contributed by atoms with Gasteiger partial charge in [0, 0.05) is 13.6 Å². The highest BCUT2D eigenvalue weighted by Crippen LogP contribution is 2.34. The summed E-state index contributed by atoms with van der Waals surface area (Å²) in [6, 6.07) is 2.00. The molecule has 1 fully saturated rings. The summed E-state index contributed by atoms with van der Waals surface area (Å²) in [6.45, 7) is 9.71. The number of aliphatic imine (C=N–C) groups is 1. The second-order valence-corrected chi connectivity index (χ2v) is 7.90. The summed E-state index contributed by atoms with van der Waals surface area (Å²) in [5.74, 6) is 2.26. The van der Waals surface area contributed by atoms with Gasteiger partial charge in [0.2, 0.25) is 5.88 Å². The van der Waals surface area contributed by atoms with Crippen molar-refractivity contribution in [2.75, 3.05) is 13.6 Å². The highest BCUT2D eigenvalue weighted by atomic mass is 79.9. The molecule has 0 spiro atoms. The zero-order valence-electron chi connectivity index (χ0n) is 15.6. The predicted molar refractivity (Wildman–Crippen MR) is 104 cm³/mol. The number of aromatic nitrogens is 1. The molecule has 1 aliphatic carbocycles. The Morgan fingerprint density at radius 3 is 2.50 bits per heavy atom. The molecule has 5 heteroatoms. The van der Waals surface area contributed by atoms with Gasteiger partial charge in [0.15, 0.2) is 0 Å². The van der Waals surface area contributed by atoms with Crippen LogP contribution in [0.5, 0.6) is 5.88 Å². The van der Waals surface area contributed by atoms with Crippen molar-refractivity contribution < 1.29 is 4.74 Å². The minimum atomic E-state index is 0.265. The normalized spacial score (nSPS) is 24.8. The summed E-state index contributed by atoms with van der Waals surface area (Å²) in [5, 5.41) is 0. The van der Waals surface area contributed by atoms with Crippen molar-refractivity contribution in [2.24, 2.45) is 16.8 Å². The van der Waals surface area contributed by atoms with E-state index in [0.717, 1.165) is 47.1 Å². The summed E-state index contributed by atoms with van der Waals surface area (Å²) in [6.07, 6.45) is 6.79. The Balaban J connectivity index is 2.09. The third-order valence-electron chi connectivity index (χ3n) is 5.14. The molecule has 134 valence electrons. The van der Waals surface area contributed by atoms with Crippen LogP contribution in [0.2, 0.25) is 0 Å². The molecule has 4 nitrogen and oxygen atoms in total. The van der Waals surface area contributed by atoms with Crippen LogP contribution in [0.3, 0.4) is 0 Å². The lowest BCUT2D eigenvalue weighted by atomic mass is 9.92. The molecule has 0 amide bonds. The summed E-state index contributed by atoms with van der Waals surface area (Å²) in [5.41, 5.74) is 1.77. The molecule has 1 saturated carbocycles. The van der Waals surface area contributed by atoms with Gasteiger partial charge >= 0.3 is 0 Å². The van der Waals surface area contributed by atoms with Crippen LogP contribution in [0, 0.1) is 18.8 Å². The van der Waals surface area contributed by atoms with Gasteiger partial charge in [-0.15, -0.1) is 0 Å².